The number of imidazole rings is 1. The molecule has 3 heterocycles. The number of nitrogens with two attached hydrogens (primary N) is 1. The van der Waals surface area contributed by atoms with E-state index in [1.165, 1.54) is 5.56 Å². The van der Waals surface area contributed by atoms with Crippen LogP contribution in [-0.2, 0) is 20.9 Å². The van der Waals surface area contributed by atoms with E-state index in [2.05, 4.69) is 25.6 Å². The molecule has 0 bridgehead atoms. The number of fused-ring (bicyclic) bond motifs is 1. The van der Waals surface area contributed by atoms with Gasteiger partial charge in [-0.2, -0.15) is 13.2 Å². The van der Waals surface area contributed by atoms with Crippen LogP contribution in [0.25, 0.3) is 5.95 Å². The number of aromatic nitrogens is 4. The number of hydrogen-bond acceptors (Lipinski definition) is 10. The summed E-state index contributed by atoms with van der Waals surface area (Å²) in [5.41, 5.74) is 2.72. The Morgan fingerprint density at radius 1 is 1.23 bits per heavy atom. The first-order valence-corrected chi connectivity index (χ1v) is 12.3. The maximum absolute atomic E-state index is 12.2. The van der Waals surface area contributed by atoms with Crippen molar-refractivity contribution in [3.8, 4) is 17.4 Å². The van der Waals surface area contributed by atoms with Gasteiger partial charge in [0.05, 0.1) is 31.3 Å². The highest BCUT2D eigenvalue weighted by molar-refractivity contribution is 5.71. The number of nitrogens with one attached hydrogen (secondary N) is 1. The molecular weight excluding hydrogens is 537 g/mol. The van der Waals surface area contributed by atoms with Crippen molar-refractivity contribution in [2.45, 2.75) is 39.0 Å². The highest BCUT2D eigenvalue weighted by atomic mass is 19.4. The van der Waals surface area contributed by atoms with Gasteiger partial charge < -0.3 is 34.7 Å². The molecule has 0 saturated carbocycles. The van der Waals surface area contributed by atoms with Gasteiger partial charge in [0.15, 0.2) is 11.5 Å². The molecule has 2 aromatic heterocycles. The maximum Gasteiger partial charge on any atom is 0.430 e. The Balaban J connectivity index is 0.000000559. The van der Waals surface area contributed by atoms with Crippen LogP contribution >= 0.6 is 0 Å². The Bertz CT molecular complexity index is 1270. The fraction of sp³-hybridized carbons (Fsp3) is 0.400. The molecule has 1 aromatic carbocycles. The maximum atomic E-state index is 12.2. The van der Waals surface area contributed by atoms with Crippen molar-refractivity contribution < 1.29 is 47.4 Å². The molecule has 0 radical (unpaired) electrons. The monoisotopic (exact) mass is 566 g/mol. The molecule has 3 N–H and O–H groups in total. The zero-order valence-corrected chi connectivity index (χ0v) is 21.8. The molecule has 0 spiro atoms. The summed E-state index contributed by atoms with van der Waals surface area (Å²) in [5, 5.41) is 14.4. The van der Waals surface area contributed by atoms with Gasteiger partial charge >= 0.3 is 12.1 Å². The Labute approximate surface area is 227 Å². The first kappa shape index (κ1) is 30.3. The number of esters is 1. The number of carboxylic acid groups (broad SMARTS) is 1. The van der Waals surface area contributed by atoms with Crippen LogP contribution < -0.4 is 25.2 Å². The Morgan fingerprint density at radius 3 is 2.65 bits per heavy atom. The highest BCUT2D eigenvalue weighted by Crippen LogP contribution is 2.32. The van der Waals surface area contributed by atoms with Gasteiger partial charge in [-0.1, -0.05) is 0 Å². The third-order valence-electron chi connectivity index (χ3n) is 5.42. The predicted molar refractivity (Wildman–Crippen MR) is 130 cm³/mol. The Hall–Kier alpha value is -4.24. The van der Waals surface area contributed by atoms with Crippen molar-refractivity contribution in [3.05, 3.63) is 59.9 Å². The summed E-state index contributed by atoms with van der Waals surface area (Å²) in [4.78, 5) is 34.2. The fourth-order valence-electron chi connectivity index (χ4n) is 3.61. The number of aliphatic carboxylic acids is 1. The molecule has 0 amide bonds. The van der Waals surface area contributed by atoms with Crippen LogP contribution in [0.2, 0.25) is 0 Å². The van der Waals surface area contributed by atoms with Crippen molar-refractivity contribution in [1.82, 2.24) is 24.8 Å². The molecule has 1 aliphatic heterocycles. The third-order valence-corrected chi connectivity index (χ3v) is 5.42. The molecule has 0 saturated heterocycles. The summed E-state index contributed by atoms with van der Waals surface area (Å²) in [6.45, 7) is 6.67. The van der Waals surface area contributed by atoms with E-state index in [4.69, 9.17) is 24.1 Å². The van der Waals surface area contributed by atoms with Gasteiger partial charge in [-0.3, -0.25) is 9.36 Å². The number of ether oxygens (including phenoxy) is 3. The van der Waals surface area contributed by atoms with Crippen LogP contribution in [0.5, 0.6) is 11.5 Å². The molecule has 0 fully saturated rings. The summed E-state index contributed by atoms with van der Waals surface area (Å²) in [5.74, 6) is -1.17. The van der Waals surface area contributed by atoms with Crippen LogP contribution in [0, 0.1) is 6.92 Å². The average molecular weight is 567 g/mol. The minimum Gasteiger partial charge on any atom is -0.542 e. The summed E-state index contributed by atoms with van der Waals surface area (Å²) in [7, 11) is 0. The second-order valence-corrected chi connectivity index (χ2v) is 8.47. The van der Waals surface area contributed by atoms with Crippen molar-refractivity contribution >= 4 is 11.9 Å². The molecule has 40 heavy (non-hydrogen) atoms. The van der Waals surface area contributed by atoms with Gasteiger partial charge in [-0.05, 0) is 38.1 Å². The smallest absolute Gasteiger partial charge is 0.430 e. The number of hydrogen-bond donors (Lipinski definition) is 2. The van der Waals surface area contributed by atoms with E-state index in [1.54, 1.807) is 30.2 Å². The summed E-state index contributed by atoms with van der Waals surface area (Å²) >= 11 is 0. The highest BCUT2D eigenvalue weighted by Gasteiger charge is 2.28. The molecule has 4 rings (SSSR count). The predicted octanol–water partition coefficient (Wildman–Crippen LogP) is 0.346. The molecule has 1 atom stereocenters. The van der Waals surface area contributed by atoms with Crippen LogP contribution in [0.1, 0.15) is 36.3 Å². The van der Waals surface area contributed by atoms with Gasteiger partial charge in [0.1, 0.15) is 18.8 Å². The minimum atomic E-state index is -5.19. The van der Waals surface area contributed by atoms with Crippen molar-refractivity contribution in [3.63, 3.8) is 0 Å². The number of alkyl halides is 3. The second-order valence-electron chi connectivity index (χ2n) is 8.47. The van der Waals surface area contributed by atoms with Crippen LogP contribution in [0.15, 0.2) is 43.0 Å². The van der Waals surface area contributed by atoms with E-state index < -0.39 is 12.1 Å². The zero-order valence-electron chi connectivity index (χ0n) is 21.8. The number of halogens is 3. The molecule has 216 valence electrons. The number of benzene rings is 1. The van der Waals surface area contributed by atoms with Crippen LogP contribution in [0.4, 0.5) is 13.2 Å². The lowest BCUT2D eigenvalue weighted by Crippen LogP contribution is -2.84. The van der Waals surface area contributed by atoms with Gasteiger partial charge in [0.2, 0.25) is 12.7 Å². The summed E-state index contributed by atoms with van der Waals surface area (Å²) in [6.07, 6.45) is 0.111. The molecular formula is C25H29F3N6O6. The Morgan fingerprint density at radius 2 is 1.98 bits per heavy atom. The normalized spacial score (nSPS) is 12.8. The minimum absolute atomic E-state index is 0.190. The molecule has 0 aliphatic carbocycles. The zero-order chi connectivity index (χ0) is 29.1. The number of aryl methyl sites for hydroxylation is 1. The molecule has 1 unspecified atom stereocenters. The van der Waals surface area contributed by atoms with E-state index in [9.17, 15) is 18.0 Å². The average Bonchev–Trinajstić information content (AvgIpc) is 3.60. The summed E-state index contributed by atoms with van der Waals surface area (Å²) in [6, 6.07) is 7.61. The first-order valence-electron chi connectivity index (χ1n) is 12.3. The third kappa shape index (κ3) is 9.20. The second kappa shape index (κ2) is 14.2. The number of quaternary nitrogens is 1. The van der Waals surface area contributed by atoms with Crippen molar-refractivity contribution in [1.29, 1.82) is 0 Å². The van der Waals surface area contributed by atoms with E-state index >= 15 is 0 Å². The summed E-state index contributed by atoms with van der Waals surface area (Å²) < 4.78 is 49.3. The number of carbonyl (C=O) groups is 2. The van der Waals surface area contributed by atoms with E-state index in [1.807, 2.05) is 31.2 Å². The largest absolute Gasteiger partial charge is 0.542 e. The lowest BCUT2D eigenvalue weighted by Gasteiger charge is -2.18. The molecule has 15 heteroatoms. The van der Waals surface area contributed by atoms with Crippen LogP contribution in [0.3, 0.4) is 0 Å². The standard InChI is InChI=1S/C23H28N6O4.C2HF3O2/c1-3-31-22(30)12-18(19-10-16(2)27-23(28-19)29-9-8-25-14-29)26-7-6-24-13-17-4-5-20-21(11-17)33-15-32-20;3-2(4,5)1(6)7/h4-5,8-11,14,18,24,26H,3,6-7,12-13,15H2,1-2H3;(H,6,7). The number of nitrogens with zero attached hydrogens (tertiary/aromatic N) is 4. The Kier molecular flexibility index (Phi) is 10.8. The SMILES string of the molecule is CCOC(=O)CC(NCC[NH2+]Cc1ccc2c(c1)OCO2)c1cc(C)nc(-n2ccnc2)n1.O=C([O-])C(F)(F)F. The van der Waals surface area contributed by atoms with Gasteiger partial charge in [0, 0.05) is 30.2 Å². The molecule has 1 aliphatic rings. The molecule has 3 aromatic rings. The van der Waals surface area contributed by atoms with Crippen molar-refractivity contribution in [2.24, 2.45) is 0 Å². The van der Waals surface area contributed by atoms with Gasteiger partial charge in [-0.25, -0.2) is 15.0 Å². The topological polar surface area (TPSA) is 157 Å². The van der Waals surface area contributed by atoms with E-state index in [-0.39, 0.29) is 25.2 Å². The van der Waals surface area contributed by atoms with E-state index in [0.717, 1.165) is 36.0 Å². The number of rotatable bonds is 11. The quantitative estimate of drug-likeness (QED) is 0.245. The first-order chi connectivity index (χ1) is 19.1. The lowest BCUT2D eigenvalue weighted by atomic mass is 10.1. The van der Waals surface area contributed by atoms with Gasteiger partial charge in [0.25, 0.3) is 0 Å². The van der Waals surface area contributed by atoms with Crippen LogP contribution in [-0.4, -0.2) is 64.1 Å². The molecule has 12 nitrogen and oxygen atoms in total. The van der Waals surface area contributed by atoms with Gasteiger partial charge in [-0.15, -0.1) is 0 Å². The number of carbonyl (C=O) groups excluding carboxylic acids is 2. The van der Waals surface area contributed by atoms with Crippen molar-refractivity contribution in [2.75, 3.05) is 26.5 Å². The number of carboxylic acids is 1. The lowest BCUT2D eigenvalue weighted by molar-refractivity contribution is -0.669. The van der Waals surface area contributed by atoms with E-state index in [0.29, 0.717) is 19.1 Å². The fourth-order valence-corrected chi connectivity index (χ4v) is 3.61.